The third kappa shape index (κ3) is 4.83. The van der Waals surface area contributed by atoms with E-state index in [4.69, 9.17) is 4.42 Å². The van der Waals surface area contributed by atoms with Crippen LogP contribution < -0.4 is 10.2 Å². The number of nitrogens with zero attached hydrogens (tertiary/aromatic N) is 4. The lowest BCUT2D eigenvalue weighted by atomic mass is 10.2. The minimum absolute atomic E-state index is 0.147. The average molecular weight is 462 g/mol. The molecule has 0 saturated heterocycles. The van der Waals surface area contributed by atoms with Gasteiger partial charge in [-0.2, -0.15) is 4.68 Å². The Bertz CT molecular complexity index is 1010. The van der Waals surface area contributed by atoms with Crippen molar-refractivity contribution in [3.8, 4) is 0 Å². The molecule has 29 heavy (non-hydrogen) atoms. The summed E-state index contributed by atoms with van der Waals surface area (Å²) in [7, 11) is 0. The number of anilines is 2. The van der Waals surface area contributed by atoms with Crippen molar-refractivity contribution >= 4 is 39.0 Å². The van der Waals surface area contributed by atoms with Crippen LogP contribution in [0.3, 0.4) is 0 Å². The Hall–Kier alpha value is -3.14. The van der Waals surface area contributed by atoms with Gasteiger partial charge in [-0.25, -0.2) is 0 Å². The lowest BCUT2D eigenvalue weighted by Crippen LogP contribution is -2.21. The lowest BCUT2D eigenvalue weighted by molar-refractivity contribution is -0.390. The number of benzene rings is 1. The summed E-state index contributed by atoms with van der Waals surface area (Å²) >= 11 is 3.10. The molecule has 1 aromatic carbocycles. The van der Waals surface area contributed by atoms with Crippen molar-refractivity contribution in [1.82, 2.24) is 9.78 Å². The summed E-state index contributed by atoms with van der Waals surface area (Å²) in [6, 6.07) is 10.8. The Morgan fingerprint density at radius 2 is 1.93 bits per heavy atom. The second-order valence-corrected chi connectivity index (χ2v) is 7.05. The molecule has 10 heteroatoms. The predicted molar refractivity (Wildman–Crippen MR) is 112 cm³/mol. The topological polar surface area (TPSA) is 106 Å². The molecule has 0 unspecified atom stereocenters. The van der Waals surface area contributed by atoms with Gasteiger partial charge in [0.1, 0.15) is 16.8 Å². The summed E-state index contributed by atoms with van der Waals surface area (Å²) in [4.78, 5) is 24.9. The third-order valence-corrected chi connectivity index (χ3v) is 4.89. The number of carbonyl (C=O) groups is 1. The second kappa shape index (κ2) is 8.91. The van der Waals surface area contributed by atoms with Gasteiger partial charge in [-0.3, -0.25) is 4.79 Å². The van der Waals surface area contributed by atoms with Crippen LogP contribution in [-0.2, 0) is 6.54 Å². The van der Waals surface area contributed by atoms with E-state index in [9.17, 15) is 14.9 Å². The standard InChI is InChI=1S/C19H20BrN5O4/c1-3-23(4-2)14-7-5-13(6-8-14)21-19(26)17-10-9-15(29-17)11-24-12-16(20)18(22-24)25(27)28/h5-10,12H,3-4,11H2,1-2H3,(H,21,26). The normalized spacial score (nSPS) is 10.7. The zero-order chi connectivity index (χ0) is 21.0. The zero-order valence-corrected chi connectivity index (χ0v) is 17.5. The molecule has 1 N–H and O–H groups in total. The Morgan fingerprint density at radius 3 is 2.52 bits per heavy atom. The van der Waals surface area contributed by atoms with E-state index in [1.165, 1.54) is 10.9 Å². The molecular weight excluding hydrogens is 442 g/mol. The first-order valence-corrected chi connectivity index (χ1v) is 9.83. The van der Waals surface area contributed by atoms with Gasteiger partial charge in [-0.1, -0.05) is 0 Å². The molecule has 0 bridgehead atoms. The maximum atomic E-state index is 12.4. The van der Waals surface area contributed by atoms with Crippen LogP contribution >= 0.6 is 15.9 Å². The molecule has 2 heterocycles. The third-order valence-electron chi connectivity index (χ3n) is 4.33. The zero-order valence-electron chi connectivity index (χ0n) is 16.0. The average Bonchev–Trinajstić information content (AvgIpc) is 3.31. The van der Waals surface area contributed by atoms with Gasteiger partial charge < -0.3 is 24.7 Å². The summed E-state index contributed by atoms with van der Waals surface area (Å²) in [5.41, 5.74) is 1.75. The molecule has 1 amide bonds. The molecule has 3 aromatic rings. The highest BCUT2D eigenvalue weighted by molar-refractivity contribution is 9.10. The Labute approximate surface area is 175 Å². The van der Waals surface area contributed by atoms with Crippen LogP contribution in [0.5, 0.6) is 0 Å². The highest BCUT2D eigenvalue weighted by atomic mass is 79.9. The number of halogens is 1. The van der Waals surface area contributed by atoms with Gasteiger partial charge in [0, 0.05) is 24.5 Å². The van der Waals surface area contributed by atoms with E-state index in [1.54, 1.807) is 12.1 Å². The molecule has 0 spiro atoms. The van der Waals surface area contributed by atoms with Gasteiger partial charge in [0.25, 0.3) is 5.91 Å². The number of hydrogen-bond donors (Lipinski definition) is 1. The molecule has 3 rings (SSSR count). The predicted octanol–water partition coefficient (Wildman–Crippen LogP) is 4.29. The quantitative estimate of drug-likeness (QED) is 0.395. The van der Waals surface area contributed by atoms with E-state index in [-0.39, 0.29) is 28.5 Å². The first-order chi connectivity index (χ1) is 13.9. The van der Waals surface area contributed by atoms with E-state index in [2.05, 4.69) is 45.1 Å². The highest BCUT2D eigenvalue weighted by Crippen LogP contribution is 2.23. The summed E-state index contributed by atoms with van der Waals surface area (Å²) in [5.74, 6) is -0.0485. The molecule has 0 atom stereocenters. The van der Waals surface area contributed by atoms with E-state index in [0.29, 0.717) is 11.4 Å². The Morgan fingerprint density at radius 1 is 1.24 bits per heavy atom. The van der Waals surface area contributed by atoms with Crippen molar-refractivity contribution in [2.45, 2.75) is 20.4 Å². The van der Waals surface area contributed by atoms with Gasteiger partial charge in [0.15, 0.2) is 5.76 Å². The van der Waals surface area contributed by atoms with Crippen molar-refractivity contribution in [1.29, 1.82) is 0 Å². The SMILES string of the molecule is CCN(CC)c1ccc(NC(=O)c2ccc(Cn3cc(Br)c([N+](=O)[O-])n3)o2)cc1. The monoisotopic (exact) mass is 461 g/mol. The summed E-state index contributed by atoms with van der Waals surface area (Å²) < 4.78 is 7.21. The largest absolute Gasteiger partial charge is 0.454 e. The molecule has 0 aliphatic rings. The number of nitrogens with one attached hydrogen (secondary N) is 1. The number of rotatable bonds is 8. The number of furan rings is 1. The first-order valence-electron chi connectivity index (χ1n) is 9.03. The molecular formula is C19H20BrN5O4. The van der Waals surface area contributed by atoms with Crippen molar-refractivity contribution in [2.75, 3.05) is 23.3 Å². The van der Waals surface area contributed by atoms with Crippen LogP contribution in [0.1, 0.15) is 30.2 Å². The van der Waals surface area contributed by atoms with Gasteiger partial charge in [0.05, 0.1) is 11.3 Å². The fraction of sp³-hybridized carbons (Fsp3) is 0.263. The van der Waals surface area contributed by atoms with Gasteiger partial charge in [-0.05, 0) is 71.1 Å². The maximum absolute atomic E-state index is 12.4. The van der Waals surface area contributed by atoms with E-state index >= 15 is 0 Å². The van der Waals surface area contributed by atoms with Crippen LogP contribution in [-0.4, -0.2) is 33.7 Å². The van der Waals surface area contributed by atoms with Crippen LogP contribution in [0, 0.1) is 10.1 Å². The van der Waals surface area contributed by atoms with Gasteiger partial charge in [0.2, 0.25) is 0 Å². The van der Waals surface area contributed by atoms with Crippen molar-refractivity contribution in [3.63, 3.8) is 0 Å². The fourth-order valence-corrected chi connectivity index (χ4v) is 3.33. The Kier molecular flexibility index (Phi) is 6.32. The lowest BCUT2D eigenvalue weighted by Gasteiger charge is -2.21. The van der Waals surface area contributed by atoms with Crippen molar-refractivity contribution < 1.29 is 14.1 Å². The maximum Gasteiger partial charge on any atom is 0.404 e. The molecule has 152 valence electrons. The first kappa shape index (κ1) is 20.6. The summed E-state index contributed by atoms with van der Waals surface area (Å²) in [6.45, 7) is 6.17. The number of nitro groups is 1. The summed E-state index contributed by atoms with van der Waals surface area (Å²) in [5, 5.41) is 17.5. The molecule has 0 aliphatic heterocycles. The molecule has 9 nitrogen and oxygen atoms in total. The van der Waals surface area contributed by atoms with Crippen molar-refractivity contribution in [2.24, 2.45) is 0 Å². The van der Waals surface area contributed by atoms with Crippen molar-refractivity contribution in [3.05, 3.63) is 68.7 Å². The fourth-order valence-electron chi connectivity index (χ4n) is 2.87. The number of aromatic nitrogens is 2. The number of hydrogen-bond acceptors (Lipinski definition) is 6. The second-order valence-electron chi connectivity index (χ2n) is 6.19. The summed E-state index contributed by atoms with van der Waals surface area (Å²) in [6.07, 6.45) is 1.48. The minimum Gasteiger partial charge on any atom is -0.454 e. The minimum atomic E-state index is -0.576. The molecule has 0 fully saturated rings. The van der Waals surface area contributed by atoms with Gasteiger partial charge in [-0.15, -0.1) is 0 Å². The van der Waals surface area contributed by atoms with Crippen LogP contribution in [0.2, 0.25) is 0 Å². The molecule has 2 aromatic heterocycles. The number of amides is 1. The molecule has 0 saturated carbocycles. The van der Waals surface area contributed by atoms with E-state index in [0.717, 1.165) is 18.8 Å². The highest BCUT2D eigenvalue weighted by Gasteiger charge is 2.20. The van der Waals surface area contributed by atoms with E-state index < -0.39 is 4.92 Å². The van der Waals surface area contributed by atoms with Gasteiger partial charge >= 0.3 is 5.82 Å². The number of carbonyl (C=O) groups excluding carboxylic acids is 1. The van der Waals surface area contributed by atoms with Crippen LogP contribution in [0.25, 0.3) is 0 Å². The molecule has 0 aliphatic carbocycles. The molecule has 0 radical (unpaired) electrons. The van der Waals surface area contributed by atoms with Crippen LogP contribution in [0.4, 0.5) is 17.2 Å². The smallest absolute Gasteiger partial charge is 0.404 e. The Balaban J connectivity index is 1.65. The van der Waals surface area contributed by atoms with E-state index in [1.807, 2.05) is 24.3 Å². The van der Waals surface area contributed by atoms with Crippen LogP contribution in [0.15, 0.2) is 51.5 Å².